The van der Waals surface area contributed by atoms with E-state index in [4.69, 9.17) is 0 Å². The normalized spacial score (nSPS) is 29.0. The van der Waals surface area contributed by atoms with Gasteiger partial charge in [-0.1, -0.05) is 53.1 Å². The van der Waals surface area contributed by atoms with Gasteiger partial charge >= 0.3 is 0 Å². The summed E-state index contributed by atoms with van der Waals surface area (Å²) in [5, 5.41) is 28.0. The number of hydrogen-bond donors (Lipinski definition) is 0. The van der Waals surface area contributed by atoms with Crippen LogP contribution in [0.3, 0.4) is 0 Å². The SMILES string of the molecule is CC1(C)N([O])C(c2ccc3c(c2)SC(=C2SC4=C(SCCS4)S2)S3)N([O-])C1(C)C. The molecule has 10 heteroatoms. The van der Waals surface area contributed by atoms with Gasteiger partial charge in [0.05, 0.1) is 22.5 Å². The summed E-state index contributed by atoms with van der Waals surface area (Å²) in [5.74, 6) is 2.38. The average Bonchev–Trinajstić information content (AvgIpc) is 3.33. The summed E-state index contributed by atoms with van der Waals surface area (Å²) in [6, 6.07) is 6.05. The van der Waals surface area contributed by atoms with E-state index >= 15 is 0 Å². The largest absolute Gasteiger partial charge is 0.783 e. The van der Waals surface area contributed by atoms with Crippen LogP contribution in [0, 0.1) is 5.21 Å². The topological polar surface area (TPSA) is 49.4 Å². The van der Waals surface area contributed by atoms with Gasteiger partial charge in [-0.2, -0.15) is 0 Å². The predicted octanol–water partition coefficient (Wildman–Crippen LogP) is 7.11. The van der Waals surface area contributed by atoms with Crippen molar-refractivity contribution in [1.82, 2.24) is 10.1 Å². The van der Waals surface area contributed by atoms with E-state index in [9.17, 15) is 10.4 Å². The molecule has 4 nitrogen and oxygen atoms in total. The fraction of sp³-hybridized carbons (Fsp3) is 0.474. The van der Waals surface area contributed by atoms with E-state index in [2.05, 4.69) is 6.07 Å². The minimum Gasteiger partial charge on any atom is -0.783 e. The number of rotatable bonds is 1. The lowest BCUT2D eigenvalue weighted by Crippen LogP contribution is -2.51. The van der Waals surface area contributed by atoms with Gasteiger partial charge in [0.25, 0.3) is 0 Å². The van der Waals surface area contributed by atoms with Gasteiger partial charge in [0.15, 0.2) is 0 Å². The molecule has 0 aromatic heterocycles. The standard InChI is InChI=1S/C19H20N2O2S6/c1-18(2)19(3,4)21(23)13(20(18)22)10-5-6-11-12(9-10)27-16(26-11)17-28-14-15(29-17)25-8-7-24-14/h5-6,9,13H,7-8H2,1-4H3/q-1. The van der Waals surface area contributed by atoms with Crippen LogP contribution in [-0.4, -0.2) is 32.7 Å². The highest BCUT2D eigenvalue weighted by Gasteiger charge is 2.55. The molecule has 0 N–H and O–H groups in total. The zero-order chi connectivity index (χ0) is 20.6. The molecule has 0 saturated carbocycles. The fourth-order valence-corrected chi connectivity index (χ4v) is 12.3. The first-order valence-corrected chi connectivity index (χ1v) is 14.5. The van der Waals surface area contributed by atoms with Crippen LogP contribution < -0.4 is 0 Å². The number of fused-ring (bicyclic) bond motifs is 1. The zero-order valence-corrected chi connectivity index (χ0v) is 21.3. The van der Waals surface area contributed by atoms with Crippen LogP contribution >= 0.6 is 70.6 Å². The second-order valence-corrected chi connectivity index (χ2v) is 15.5. The Balaban J connectivity index is 1.41. The van der Waals surface area contributed by atoms with Crippen molar-refractivity contribution in [3.63, 3.8) is 0 Å². The molecular formula is C19H20N2O2S6-. The summed E-state index contributed by atoms with van der Waals surface area (Å²) in [6.07, 6.45) is -0.801. The molecule has 0 unspecified atom stereocenters. The molecule has 1 saturated heterocycles. The number of benzene rings is 1. The molecule has 4 aliphatic heterocycles. The lowest BCUT2D eigenvalue weighted by atomic mass is 9.84. The Kier molecular flexibility index (Phi) is 5.63. The van der Waals surface area contributed by atoms with Gasteiger partial charge in [0, 0.05) is 26.8 Å². The minimum absolute atomic E-state index is 0.759. The molecule has 1 fully saturated rings. The number of thioether (sulfide) groups is 6. The first kappa shape index (κ1) is 21.5. The maximum atomic E-state index is 13.0. The third kappa shape index (κ3) is 3.37. The van der Waals surface area contributed by atoms with E-state index < -0.39 is 17.2 Å². The van der Waals surface area contributed by atoms with E-state index in [1.165, 1.54) is 33.3 Å². The van der Waals surface area contributed by atoms with Crippen molar-refractivity contribution >= 4 is 70.6 Å². The molecule has 155 valence electrons. The molecule has 4 aliphatic rings. The number of hydrogen-bond acceptors (Lipinski definition) is 9. The summed E-state index contributed by atoms with van der Waals surface area (Å²) in [5.41, 5.74) is -0.739. The Morgan fingerprint density at radius 3 is 2.03 bits per heavy atom. The van der Waals surface area contributed by atoms with Crippen LogP contribution in [-0.2, 0) is 5.21 Å². The second kappa shape index (κ2) is 7.60. The Morgan fingerprint density at radius 1 is 0.862 bits per heavy atom. The van der Waals surface area contributed by atoms with Crippen molar-refractivity contribution in [3.05, 3.63) is 45.9 Å². The molecule has 0 bridgehead atoms. The van der Waals surface area contributed by atoms with Crippen molar-refractivity contribution in [3.8, 4) is 0 Å². The highest BCUT2D eigenvalue weighted by molar-refractivity contribution is 8.42. The highest BCUT2D eigenvalue weighted by Crippen LogP contribution is 2.65. The van der Waals surface area contributed by atoms with Gasteiger partial charge in [0.2, 0.25) is 0 Å². The van der Waals surface area contributed by atoms with Crippen LogP contribution in [0.4, 0.5) is 0 Å². The second-order valence-electron chi connectivity index (χ2n) is 8.10. The molecule has 4 heterocycles. The van der Waals surface area contributed by atoms with E-state index in [1.54, 1.807) is 23.5 Å². The molecule has 5 rings (SSSR count). The molecular weight excluding hydrogens is 481 g/mol. The average molecular weight is 501 g/mol. The minimum atomic E-state index is -0.801. The van der Waals surface area contributed by atoms with Crippen LogP contribution in [0.15, 0.2) is 44.9 Å². The first-order chi connectivity index (χ1) is 13.7. The lowest BCUT2D eigenvalue weighted by molar-refractivity contribution is -0.232. The van der Waals surface area contributed by atoms with Gasteiger partial charge in [-0.3, -0.25) is 0 Å². The molecule has 1 aromatic rings. The van der Waals surface area contributed by atoms with Gasteiger partial charge < -0.3 is 10.3 Å². The van der Waals surface area contributed by atoms with Crippen molar-refractivity contribution < 1.29 is 5.21 Å². The molecule has 29 heavy (non-hydrogen) atoms. The Hall–Kier alpha value is 0.640. The number of hydroxylamine groups is 4. The smallest absolute Gasteiger partial charge is 0.105 e. The maximum Gasteiger partial charge on any atom is 0.105 e. The molecule has 1 radical (unpaired) electrons. The molecule has 0 aliphatic carbocycles. The van der Waals surface area contributed by atoms with Crippen molar-refractivity contribution in [2.75, 3.05) is 11.5 Å². The quantitative estimate of drug-likeness (QED) is 0.401. The monoisotopic (exact) mass is 500 g/mol. The van der Waals surface area contributed by atoms with Crippen LogP contribution in [0.2, 0.25) is 0 Å². The summed E-state index contributed by atoms with van der Waals surface area (Å²) in [4.78, 5) is 2.35. The predicted molar refractivity (Wildman–Crippen MR) is 131 cm³/mol. The molecule has 0 atom stereocenters. The Labute approximate surface area is 197 Å². The Bertz CT molecular complexity index is 905. The van der Waals surface area contributed by atoms with E-state index in [-0.39, 0.29) is 0 Å². The maximum absolute atomic E-state index is 13.0. The van der Waals surface area contributed by atoms with Crippen molar-refractivity contribution in [1.29, 1.82) is 0 Å². The highest BCUT2D eigenvalue weighted by atomic mass is 32.3. The lowest BCUT2D eigenvalue weighted by Gasteiger charge is -2.44. The van der Waals surface area contributed by atoms with Gasteiger partial charge in [0.1, 0.15) is 6.17 Å². The summed E-state index contributed by atoms with van der Waals surface area (Å²) in [6.45, 7) is 7.41. The van der Waals surface area contributed by atoms with Crippen LogP contribution in [0.1, 0.15) is 39.4 Å². The van der Waals surface area contributed by atoms with Gasteiger partial charge in [-0.15, -0.1) is 33.8 Å². The van der Waals surface area contributed by atoms with E-state index in [0.717, 1.165) is 20.6 Å². The van der Waals surface area contributed by atoms with Crippen LogP contribution in [0.25, 0.3) is 0 Å². The summed E-state index contributed by atoms with van der Waals surface area (Å²) in [7, 11) is 0. The molecule has 1 aromatic carbocycles. The van der Waals surface area contributed by atoms with Crippen molar-refractivity contribution in [2.45, 2.75) is 54.7 Å². The zero-order valence-electron chi connectivity index (χ0n) is 16.4. The number of nitrogens with zero attached hydrogens (tertiary/aromatic N) is 2. The Morgan fingerprint density at radius 2 is 1.45 bits per heavy atom. The van der Waals surface area contributed by atoms with Crippen molar-refractivity contribution in [2.24, 2.45) is 0 Å². The van der Waals surface area contributed by atoms with Gasteiger partial charge in [-0.25, -0.2) is 0 Å². The third-order valence-corrected chi connectivity index (χ3v) is 14.8. The fourth-order valence-electron chi connectivity index (χ4n) is 3.47. The van der Waals surface area contributed by atoms with E-state index in [1.807, 2.05) is 86.9 Å². The first-order valence-electron chi connectivity index (χ1n) is 9.22. The van der Waals surface area contributed by atoms with E-state index in [0.29, 0.717) is 0 Å². The summed E-state index contributed by atoms with van der Waals surface area (Å²) >= 11 is 11.3. The molecule has 0 amide bonds. The molecule has 0 spiro atoms. The van der Waals surface area contributed by atoms with Crippen LogP contribution in [0.5, 0.6) is 0 Å². The summed E-state index contributed by atoms with van der Waals surface area (Å²) < 4.78 is 5.58. The third-order valence-electron chi connectivity index (χ3n) is 5.97. The van der Waals surface area contributed by atoms with Gasteiger partial charge in [-0.05, 0) is 45.4 Å².